The van der Waals surface area contributed by atoms with E-state index in [1.165, 1.54) is 4.90 Å². The molecule has 1 aliphatic rings. The molecule has 164 valence electrons. The van der Waals surface area contributed by atoms with Crippen molar-refractivity contribution in [1.82, 2.24) is 15.5 Å². The lowest BCUT2D eigenvalue weighted by molar-refractivity contribution is -0.149. The fourth-order valence-corrected chi connectivity index (χ4v) is 3.15. The highest BCUT2D eigenvalue weighted by Gasteiger charge is 2.37. The molecular weight excluding hydrogens is 382 g/mol. The molecule has 3 atom stereocenters. The smallest absolute Gasteiger partial charge is 0.326 e. The van der Waals surface area contributed by atoms with Crippen LogP contribution in [0.2, 0.25) is 0 Å². The Morgan fingerprint density at radius 3 is 2.41 bits per heavy atom. The van der Waals surface area contributed by atoms with Crippen LogP contribution < -0.4 is 22.1 Å². The van der Waals surface area contributed by atoms with Crippen molar-refractivity contribution in [2.45, 2.75) is 64.1 Å². The Labute approximate surface area is 169 Å². The Morgan fingerprint density at radius 2 is 1.86 bits per heavy atom. The highest BCUT2D eigenvalue weighted by Crippen LogP contribution is 2.20. The maximum atomic E-state index is 12.8. The molecule has 7 N–H and O–H groups in total. The fraction of sp³-hybridized carbons (Fsp3) is 0.722. The minimum absolute atomic E-state index is 0.0493. The van der Waals surface area contributed by atoms with Gasteiger partial charge in [0.15, 0.2) is 0 Å². The molecule has 1 aliphatic heterocycles. The van der Waals surface area contributed by atoms with Crippen molar-refractivity contribution in [2.24, 2.45) is 17.4 Å². The van der Waals surface area contributed by atoms with Crippen LogP contribution in [0.4, 0.5) is 0 Å². The predicted octanol–water partition coefficient (Wildman–Crippen LogP) is -1.70. The third kappa shape index (κ3) is 8.06. The van der Waals surface area contributed by atoms with Crippen molar-refractivity contribution < 1.29 is 29.1 Å². The molecule has 1 heterocycles. The van der Waals surface area contributed by atoms with E-state index in [1.54, 1.807) is 0 Å². The molecule has 0 radical (unpaired) electrons. The summed E-state index contributed by atoms with van der Waals surface area (Å²) in [7, 11) is 0. The SMILES string of the molecule is CC(C)CC(NC(=O)CNC(=O)C(N)CCC(N)=O)C(=O)N1CCCC1C(=O)O. The lowest BCUT2D eigenvalue weighted by atomic mass is 10.0. The zero-order valence-corrected chi connectivity index (χ0v) is 16.8. The van der Waals surface area contributed by atoms with Gasteiger partial charge in [-0.15, -0.1) is 0 Å². The van der Waals surface area contributed by atoms with Crippen LogP contribution in [0, 0.1) is 5.92 Å². The number of nitrogens with one attached hydrogen (secondary N) is 2. The van der Waals surface area contributed by atoms with Crippen LogP contribution in [-0.2, 0) is 24.0 Å². The largest absolute Gasteiger partial charge is 0.480 e. The monoisotopic (exact) mass is 413 g/mol. The molecule has 11 nitrogen and oxygen atoms in total. The summed E-state index contributed by atoms with van der Waals surface area (Å²) in [4.78, 5) is 60.3. The molecule has 0 spiro atoms. The number of rotatable bonds is 11. The Morgan fingerprint density at radius 1 is 1.21 bits per heavy atom. The maximum Gasteiger partial charge on any atom is 0.326 e. The number of amides is 4. The van der Waals surface area contributed by atoms with E-state index in [1.807, 2.05) is 13.8 Å². The number of aliphatic carboxylic acids is 1. The molecule has 1 fully saturated rings. The van der Waals surface area contributed by atoms with E-state index in [4.69, 9.17) is 11.5 Å². The molecular formula is C18H31N5O6. The van der Waals surface area contributed by atoms with E-state index in [0.29, 0.717) is 25.8 Å². The van der Waals surface area contributed by atoms with Gasteiger partial charge in [-0.1, -0.05) is 13.8 Å². The quantitative estimate of drug-likeness (QED) is 0.267. The second kappa shape index (κ2) is 11.3. The first-order chi connectivity index (χ1) is 13.5. The van der Waals surface area contributed by atoms with Crippen molar-refractivity contribution in [1.29, 1.82) is 0 Å². The van der Waals surface area contributed by atoms with Gasteiger partial charge in [-0.25, -0.2) is 4.79 Å². The Hall–Kier alpha value is -2.69. The van der Waals surface area contributed by atoms with Gasteiger partial charge in [-0.3, -0.25) is 19.2 Å². The number of carbonyl (C=O) groups excluding carboxylic acids is 4. The first-order valence-electron chi connectivity index (χ1n) is 9.67. The van der Waals surface area contributed by atoms with Gasteiger partial charge in [0.25, 0.3) is 0 Å². The summed E-state index contributed by atoms with van der Waals surface area (Å²) in [6, 6.07) is -2.76. The van der Waals surface area contributed by atoms with E-state index in [0.717, 1.165) is 0 Å². The van der Waals surface area contributed by atoms with Gasteiger partial charge in [0.1, 0.15) is 12.1 Å². The number of hydrogen-bond donors (Lipinski definition) is 5. The fourth-order valence-electron chi connectivity index (χ4n) is 3.15. The van der Waals surface area contributed by atoms with Crippen molar-refractivity contribution in [3.05, 3.63) is 0 Å². The molecule has 1 saturated heterocycles. The van der Waals surface area contributed by atoms with E-state index in [2.05, 4.69) is 10.6 Å². The highest BCUT2D eigenvalue weighted by molar-refractivity contribution is 5.92. The van der Waals surface area contributed by atoms with Crippen LogP contribution in [0.1, 0.15) is 46.0 Å². The molecule has 0 bridgehead atoms. The zero-order valence-electron chi connectivity index (χ0n) is 16.8. The summed E-state index contributed by atoms with van der Waals surface area (Å²) >= 11 is 0. The van der Waals surface area contributed by atoms with Crippen LogP contribution in [0.15, 0.2) is 0 Å². The highest BCUT2D eigenvalue weighted by atomic mass is 16.4. The molecule has 0 saturated carbocycles. The molecule has 3 unspecified atom stereocenters. The van der Waals surface area contributed by atoms with Crippen LogP contribution in [0.3, 0.4) is 0 Å². The number of carboxylic acid groups (broad SMARTS) is 1. The van der Waals surface area contributed by atoms with Crippen molar-refractivity contribution in [3.8, 4) is 0 Å². The summed E-state index contributed by atoms with van der Waals surface area (Å²) in [5, 5.41) is 14.2. The van der Waals surface area contributed by atoms with Gasteiger partial charge in [-0.05, 0) is 31.6 Å². The van der Waals surface area contributed by atoms with Crippen molar-refractivity contribution in [3.63, 3.8) is 0 Å². The van der Waals surface area contributed by atoms with E-state index >= 15 is 0 Å². The third-order valence-electron chi connectivity index (χ3n) is 4.62. The average Bonchev–Trinajstić information content (AvgIpc) is 3.12. The maximum absolute atomic E-state index is 12.8. The number of nitrogens with zero attached hydrogens (tertiary/aromatic N) is 1. The van der Waals surface area contributed by atoms with Gasteiger partial charge in [0, 0.05) is 13.0 Å². The van der Waals surface area contributed by atoms with E-state index in [9.17, 15) is 29.1 Å². The van der Waals surface area contributed by atoms with Crippen molar-refractivity contribution >= 4 is 29.6 Å². The number of carbonyl (C=O) groups is 5. The standard InChI is InChI=1S/C18H31N5O6/c1-10(2)8-12(17(27)23-7-3-4-13(23)18(28)29)22-15(25)9-21-16(26)11(19)5-6-14(20)24/h10-13H,3-9,19H2,1-2H3,(H2,20,24)(H,21,26)(H,22,25)(H,28,29). The lowest BCUT2D eigenvalue weighted by Crippen LogP contribution is -2.54. The Kier molecular flexibility index (Phi) is 9.53. The lowest BCUT2D eigenvalue weighted by Gasteiger charge is -2.28. The summed E-state index contributed by atoms with van der Waals surface area (Å²) in [6.45, 7) is 3.69. The predicted molar refractivity (Wildman–Crippen MR) is 103 cm³/mol. The molecule has 4 amide bonds. The molecule has 0 aromatic heterocycles. The summed E-state index contributed by atoms with van der Waals surface area (Å²) in [5.41, 5.74) is 10.6. The van der Waals surface area contributed by atoms with Crippen molar-refractivity contribution in [2.75, 3.05) is 13.1 Å². The van der Waals surface area contributed by atoms with Gasteiger partial charge in [-0.2, -0.15) is 0 Å². The molecule has 0 aromatic rings. The van der Waals surface area contributed by atoms with Crippen LogP contribution in [-0.4, -0.2) is 70.8 Å². The van der Waals surface area contributed by atoms with Gasteiger partial charge in [0.05, 0.1) is 12.6 Å². The first-order valence-corrected chi connectivity index (χ1v) is 9.67. The van der Waals surface area contributed by atoms with Crippen LogP contribution in [0.25, 0.3) is 0 Å². The molecule has 11 heteroatoms. The van der Waals surface area contributed by atoms with Crippen LogP contribution in [0.5, 0.6) is 0 Å². The van der Waals surface area contributed by atoms with E-state index in [-0.39, 0.29) is 18.8 Å². The van der Waals surface area contributed by atoms with E-state index < -0.39 is 54.3 Å². The molecule has 29 heavy (non-hydrogen) atoms. The molecule has 0 aliphatic carbocycles. The zero-order chi connectivity index (χ0) is 22.1. The average molecular weight is 413 g/mol. The third-order valence-corrected chi connectivity index (χ3v) is 4.62. The second-order valence-electron chi connectivity index (χ2n) is 7.61. The first kappa shape index (κ1) is 24.3. The van der Waals surface area contributed by atoms with Gasteiger partial charge in [0.2, 0.25) is 23.6 Å². The Bertz CT molecular complexity index is 638. The minimum Gasteiger partial charge on any atom is -0.480 e. The summed E-state index contributed by atoms with van der Waals surface area (Å²) < 4.78 is 0. The second-order valence-corrected chi connectivity index (χ2v) is 7.61. The van der Waals surface area contributed by atoms with Gasteiger partial charge < -0.3 is 32.1 Å². The normalized spacial score (nSPS) is 18.2. The van der Waals surface area contributed by atoms with Gasteiger partial charge >= 0.3 is 5.97 Å². The summed E-state index contributed by atoms with van der Waals surface area (Å²) in [5.74, 6) is -3.22. The number of nitrogens with two attached hydrogens (primary N) is 2. The number of carboxylic acids is 1. The number of primary amides is 1. The Balaban J connectivity index is 2.64. The number of likely N-dealkylation sites (tertiary alicyclic amines) is 1. The number of hydrogen-bond acceptors (Lipinski definition) is 6. The van der Waals surface area contributed by atoms with Crippen LogP contribution >= 0.6 is 0 Å². The topological polar surface area (TPSA) is 185 Å². The summed E-state index contributed by atoms with van der Waals surface area (Å²) in [6.07, 6.45) is 1.31. The minimum atomic E-state index is -1.07. The molecule has 1 rings (SSSR count). The molecule has 0 aromatic carbocycles.